The van der Waals surface area contributed by atoms with Crippen LogP contribution in [-0.2, 0) is 23.4 Å². The zero-order valence-electron chi connectivity index (χ0n) is 20.8. The number of nitrogens with zero attached hydrogens (tertiary/aromatic N) is 1. The van der Waals surface area contributed by atoms with E-state index < -0.39 is 56.1 Å². The third kappa shape index (κ3) is 7.08. The molecule has 1 saturated heterocycles. The lowest BCUT2D eigenvalue weighted by molar-refractivity contribution is -0.144. The van der Waals surface area contributed by atoms with Crippen LogP contribution in [0.1, 0.15) is 38.5 Å². The number of rotatable bonds is 11. The van der Waals surface area contributed by atoms with Gasteiger partial charge < -0.3 is 14.0 Å². The molecule has 1 aliphatic rings. The number of ether oxygens (including phenoxy) is 2. The Morgan fingerprint density at radius 2 is 2.08 bits per heavy atom. The van der Waals surface area contributed by atoms with Crippen LogP contribution in [0.4, 0.5) is 4.39 Å². The molecular weight excluding hydrogens is 532 g/mol. The summed E-state index contributed by atoms with van der Waals surface area (Å²) in [7, 11) is -3.16. The third-order valence-electron chi connectivity index (χ3n) is 6.05. The van der Waals surface area contributed by atoms with Gasteiger partial charge in [-0.1, -0.05) is 44.0 Å². The number of para-hydroxylation sites is 1. The van der Waals surface area contributed by atoms with Gasteiger partial charge in [0.25, 0.3) is 5.56 Å². The molecule has 6 atom stereocenters. The molecule has 2 heterocycles. The van der Waals surface area contributed by atoms with Crippen LogP contribution in [0.15, 0.2) is 40.1 Å². The largest absolute Gasteiger partial charge is 0.468 e. The van der Waals surface area contributed by atoms with E-state index in [0.29, 0.717) is 6.42 Å². The molecule has 1 aromatic heterocycles. The van der Waals surface area contributed by atoms with Crippen molar-refractivity contribution in [1.29, 1.82) is 0 Å². The first-order chi connectivity index (χ1) is 17.5. The molecular formula is C23H30ClFN3O8P. The van der Waals surface area contributed by atoms with Crippen LogP contribution in [-0.4, -0.2) is 47.6 Å². The fraction of sp³-hybridized carbons (Fsp3) is 0.522. The van der Waals surface area contributed by atoms with Crippen LogP contribution in [0.3, 0.4) is 0 Å². The van der Waals surface area contributed by atoms with E-state index in [9.17, 15) is 23.3 Å². The molecule has 0 bridgehead atoms. The monoisotopic (exact) mass is 561 g/mol. The number of benzene rings is 1. The first-order valence-electron chi connectivity index (χ1n) is 11.6. The Bertz CT molecular complexity index is 1270. The molecule has 0 aliphatic carbocycles. The molecule has 0 amide bonds. The highest BCUT2D eigenvalue weighted by Crippen LogP contribution is 2.48. The van der Waals surface area contributed by atoms with Gasteiger partial charge in [0.1, 0.15) is 30.3 Å². The van der Waals surface area contributed by atoms with Gasteiger partial charge in [-0.3, -0.25) is 23.7 Å². The summed E-state index contributed by atoms with van der Waals surface area (Å²) in [5.41, 5.74) is -1.06. The SMILES string of the molecule is CCC(C)[C@H](NP(=O)(OC[C@H]1O[C@@H](n2cc(C)c(=O)[nH]c2=O)C[C@@H]1F)Oc1ccccc1Cl)C(=O)OC. The van der Waals surface area contributed by atoms with Crippen LogP contribution in [0.25, 0.3) is 0 Å². The summed E-state index contributed by atoms with van der Waals surface area (Å²) in [4.78, 5) is 38.4. The molecule has 0 spiro atoms. The van der Waals surface area contributed by atoms with Crippen molar-refractivity contribution in [2.24, 2.45) is 5.92 Å². The van der Waals surface area contributed by atoms with Gasteiger partial charge in [-0.15, -0.1) is 0 Å². The average Bonchev–Trinajstić information content (AvgIpc) is 3.24. The van der Waals surface area contributed by atoms with Crippen molar-refractivity contribution in [3.8, 4) is 5.75 Å². The van der Waals surface area contributed by atoms with Crippen LogP contribution >= 0.6 is 19.3 Å². The lowest BCUT2D eigenvalue weighted by atomic mass is 10.0. The fourth-order valence-electron chi connectivity index (χ4n) is 3.66. The third-order valence-corrected chi connectivity index (χ3v) is 7.88. The van der Waals surface area contributed by atoms with E-state index in [1.54, 1.807) is 19.1 Å². The van der Waals surface area contributed by atoms with Crippen molar-refractivity contribution in [2.45, 2.75) is 58.2 Å². The minimum atomic E-state index is -4.35. The smallest absolute Gasteiger partial charge is 0.459 e. The number of hydrogen-bond acceptors (Lipinski definition) is 8. The highest BCUT2D eigenvalue weighted by molar-refractivity contribution is 7.52. The summed E-state index contributed by atoms with van der Waals surface area (Å²) in [5.74, 6) is -0.991. The summed E-state index contributed by atoms with van der Waals surface area (Å²) in [5, 5.41) is 2.76. The fourth-order valence-corrected chi connectivity index (χ4v) is 5.53. The van der Waals surface area contributed by atoms with E-state index in [1.807, 2.05) is 6.92 Å². The van der Waals surface area contributed by atoms with Crippen molar-refractivity contribution in [3.05, 3.63) is 61.9 Å². The number of carbonyl (C=O) groups is 1. The van der Waals surface area contributed by atoms with Gasteiger partial charge in [0, 0.05) is 18.2 Å². The second-order valence-corrected chi connectivity index (χ2v) is 10.8. The van der Waals surface area contributed by atoms with Gasteiger partial charge in [0.15, 0.2) is 0 Å². The second kappa shape index (κ2) is 12.4. The number of halogens is 2. The second-order valence-electron chi connectivity index (χ2n) is 8.69. The maximum Gasteiger partial charge on any atom is 0.459 e. The quantitative estimate of drug-likeness (QED) is 0.312. The predicted octanol–water partition coefficient (Wildman–Crippen LogP) is 3.51. The van der Waals surface area contributed by atoms with Gasteiger partial charge in [-0.05, 0) is 25.0 Å². The highest BCUT2D eigenvalue weighted by Gasteiger charge is 2.42. The molecule has 204 valence electrons. The first kappa shape index (κ1) is 29.1. The Kier molecular flexibility index (Phi) is 9.71. The normalized spacial score (nSPS) is 22.7. The average molecular weight is 562 g/mol. The maximum absolute atomic E-state index is 14.9. The number of aromatic nitrogens is 2. The number of aromatic amines is 1. The molecule has 1 aliphatic heterocycles. The Morgan fingerprint density at radius 1 is 1.38 bits per heavy atom. The van der Waals surface area contributed by atoms with Gasteiger partial charge in [0.2, 0.25) is 0 Å². The minimum Gasteiger partial charge on any atom is -0.468 e. The van der Waals surface area contributed by atoms with E-state index in [1.165, 1.54) is 32.4 Å². The topological polar surface area (TPSA) is 138 Å². The van der Waals surface area contributed by atoms with E-state index in [-0.39, 0.29) is 28.7 Å². The molecule has 2 unspecified atom stereocenters. The number of nitrogens with one attached hydrogen (secondary N) is 2. The number of alkyl halides is 1. The molecule has 2 aromatic rings. The predicted molar refractivity (Wildman–Crippen MR) is 134 cm³/mol. The molecule has 14 heteroatoms. The standard InChI is InChI=1S/C23H30ClFN3O8P/c1-5-13(2)20(22(30)33-4)27-37(32,36-17-9-7-6-8-15(17)24)34-12-18-16(25)10-19(35-18)28-11-14(3)21(29)26-23(28)31/h6-9,11,13,16,18-20H,5,10,12H2,1-4H3,(H,27,32)(H,26,29,31)/t13?,16-,18+,19+,20-,37?/m0/s1. The number of H-pyrrole nitrogens is 1. The molecule has 3 rings (SSSR count). The molecule has 11 nitrogen and oxygen atoms in total. The molecule has 37 heavy (non-hydrogen) atoms. The number of carbonyl (C=O) groups excluding carboxylic acids is 1. The minimum absolute atomic E-state index is 0.0186. The van der Waals surface area contributed by atoms with Gasteiger partial charge in [0.05, 0.1) is 18.7 Å². The first-order valence-corrected chi connectivity index (χ1v) is 13.6. The zero-order chi connectivity index (χ0) is 27.3. The summed E-state index contributed by atoms with van der Waals surface area (Å²) in [6, 6.07) is 5.15. The Balaban J connectivity index is 1.82. The van der Waals surface area contributed by atoms with Crippen molar-refractivity contribution in [3.63, 3.8) is 0 Å². The van der Waals surface area contributed by atoms with Crippen LogP contribution < -0.4 is 20.9 Å². The van der Waals surface area contributed by atoms with Crippen molar-refractivity contribution in [1.82, 2.24) is 14.6 Å². The highest BCUT2D eigenvalue weighted by atomic mass is 35.5. The van der Waals surface area contributed by atoms with Crippen LogP contribution in [0, 0.1) is 12.8 Å². The molecule has 1 fully saturated rings. The summed E-state index contributed by atoms with van der Waals surface area (Å²) < 4.78 is 51.5. The van der Waals surface area contributed by atoms with Gasteiger partial charge in [-0.2, -0.15) is 5.09 Å². The lowest BCUT2D eigenvalue weighted by Crippen LogP contribution is -2.42. The molecule has 0 saturated carbocycles. The summed E-state index contributed by atoms with van der Waals surface area (Å²) in [6.45, 7) is 4.54. The number of methoxy groups -OCH3 is 1. The van der Waals surface area contributed by atoms with Crippen LogP contribution in [0.5, 0.6) is 5.75 Å². The zero-order valence-corrected chi connectivity index (χ0v) is 22.5. The van der Waals surface area contributed by atoms with Gasteiger partial charge >= 0.3 is 19.4 Å². The van der Waals surface area contributed by atoms with E-state index >= 15 is 0 Å². The van der Waals surface area contributed by atoms with Crippen molar-refractivity contribution in [2.75, 3.05) is 13.7 Å². The number of hydrogen-bond donors (Lipinski definition) is 2. The Labute approximate surface area is 217 Å². The maximum atomic E-state index is 14.9. The van der Waals surface area contributed by atoms with Crippen molar-refractivity contribution < 1.29 is 32.3 Å². The summed E-state index contributed by atoms with van der Waals surface area (Å²) >= 11 is 6.16. The Hall–Kier alpha value is -2.50. The molecule has 1 aromatic carbocycles. The summed E-state index contributed by atoms with van der Waals surface area (Å²) in [6.07, 6.45) is -2.24. The number of aryl methyl sites for hydroxylation is 1. The van der Waals surface area contributed by atoms with Gasteiger partial charge in [-0.25, -0.2) is 13.8 Å². The molecule has 2 N–H and O–H groups in total. The van der Waals surface area contributed by atoms with Crippen molar-refractivity contribution >= 4 is 25.3 Å². The van der Waals surface area contributed by atoms with E-state index in [4.69, 9.17) is 30.1 Å². The van der Waals surface area contributed by atoms with E-state index in [2.05, 4.69) is 10.1 Å². The van der Waals surface area contributed by atoms with Crippen LogP contribution in [0.2, 0.25) is 5.02 Å². The number of esters is 1. The van der Waals surface area contributed by atoms with E-state index in [0.717, 1.165) is 4.57 Å². The lowest BCUT2D eigenvalue weighted by Gasteiger charge is -2.28. The molecule has 0 radical (unpaired) electrons. The Morgan fingerprint density at radius 3 is 2.73 bits per heavy atom.